The Morgan fingerprint density at radius 3 is 2.84 bits per heavy atom. The van der Waals surface area contributed by atoms with Gasteiger partial charge >= 0.3 is 0 Å². The highest BCUT2D eigenvalue weighted by atomic mass is 79.9. The summed E-state index contributed by atoms with van der Waals surface area (Å²) in [6, 6.07) is 11.5. The number of fused-ring (bicyclic) bond motifs is 1. The van der Waals surface area contributed by atoms with E-state index in [0.29, 0.717) is 6.42 Å². The molecule has 0 saturated heterocycles. The largest absolute Gasteiger partial charge is 0.464 e. The standard InChI is InChI=1S/C15H12BrNO2/c16-10-5-6-11(17-8-10)7-14(18)13-9-19-15-4-2-1-3-12(13)15/h1-6,8-9,14,18H,7H2. The number of rotatable bonds is 3. The van der Waals surface area contributed by atoms with E-state index in [4.69, 9.17) is 4.42 Å². The molecule has 3 aromatic rings. The highest BCUT2D eigenvalue weighted by molar-refractivity contribution is 9.10. The number of halogens is 1. The molecule has 1 atom stereocenters. The number of nitrogens with zero attached hydrogens (tertiary/aromatic N) is 1. The number of aliphatic hydroxyl groups excluding tert-OH is 1. The molecule has 1 aromatic carbocycles. The average molecular weight is 318 g/mol. The first-order valence-corrected chi connectivity index (χ1v) is 6.78. The summed E-state index contributed by atoms with van der Waals surface area (Å²) in [6.07, 6.45) is 3.21. The molecule has 0 bridgehead atoms. The Hall–Kier alpha value is -1.65. The van der Waals surface area contributed by atoms with Crippen LogP contribution in [0.25, 0.3) is 11.0 Å². The fourth-order valence-electron chi connectivity index (χ4n) is 2.09. The van der Waals surface area contributed by atoms with Crippen LogP contribution in [0, 0.1) is 0 Å². The molecule has 0 saturated carbocycles. The monoisotopic (exact) mass is 317 g/mol. The van der Waals surface area contributed by atoms with Crippen LogP contribution in [0.15, 0.2) is 57.7 Å². The van der Waals surface area contributed by atoms with Crippen LogP contribution in [-0.2, 0) is 6.42 Å². The van der Waals surface area contributed by atoms with Gasteiger partial charge in [-0.2, -0.15) is 0 Å². The van der Waals surface area contributed by atoms with Gasteiger partial charge in [-0.1, -0.05) is 18.2 Å². The first-order valence-electron chi connectivity index (χ1n) is 5.98. The Bertz CT molecular complexity index is 691. The van der Waals surface area contributed by atoms with Gasteiger partial charge in [0.05, 0.1) is 12.4 Å². The molecule has 1 unspecified atom stereocenters. The summed E-state index contributed by atoms with van der Waals surface area (Å²) in [5.74, 6) is 0. The number of hydrogen-bond acceptors (Lipinski definition) is 3. The van der Waals surface area contributed by atoms with Gasteiger partial charge in [-0.3, -0.25) is 4.98 Å². The van der Waals surface area contributed by atoms with Crippen molar-refractivity contribution in [3.63, 3.8) is 0 Å². The van der Waals surface area contributed by atoms with Crippen LogP contribution in [0.3, 0.4) is 0 Å². The summed E-state index contributed by atoms with van der Waals surface area (Å²) in [5.41, 5.74) is 2.45. The normalized spacial score (nSPS) is 12.7. The van der Waals surface area contributed by atoms with Crippen molar-refractivity contribution < 1.29 is 9.52 Å². The number of pyridine rings is 1. The Morgan fingerprint density at radius 2 is 2.05 bits per heavy atom. The van der Waals surface area contributed by atoms with E-state index in [0.717, 1.165) is 26.7 Å². The molecule has 0 aliphatic heterocycles. The average Bonchev–Trinajstić information content (AvgIpc) is 2.85. The highest BCUT2D eigenvalue weighted by Crippen LogP contribution is 2.28. The van der Waals surface area contributed by atoms with Crippen LogP contribution < -0.4 is 0 Å². The number of aliphatic hydroxyl groups is 1. The van der Waals surface area contributed by atoms with Crippen LogP contribution in [-0.4, -0.2) is 10.1 Å². The lowest BCUT2D eigenvalue weighted by molar-refractivity contribution is 0.177. The second-order valence-corrected chi connectivity index (χ2v) is 5.29. The van der Waals surface area contributed by atoms with Gasteiger partial charge in [0.2, 0.25) is 0 Å². The van der Waals surface area contributed by atoms with Crippen molar-refractivity contribution in [3.8, 4) is 0 Å². The van der Waals surface area contributed by atoms with E-state index in [1.807, 2.05) is 36.4 Å². The molecule has 2 aromatic heterocycles. The minimum absolute atomic E-state index is 0.469. The summed E-state index contributed by atoms with van der Waals surface area (Å²) >= 11 is 3.34. The zero-order chi connectivity index (χ0) is 13.2. The predicted octanol–water partition coefficient (Wildman–Crippen LogP) is 3.87. The van der Waals surface area contributed by atoms with E-state index < -0.39 is 6.10 Å². The van der Waals surface area contributed by atoms with Crippen LogP contribution in [0.5, 0.6) is 0 Å². The Kier molecular flexibility index (Phi) is 3.36. The lowest BCUT2D eigenvalue weighted by Gasteiger charge is -2.08. The molecule has 4 heteroatoms. The Labute approximate surface area is 119 Å². The lowest BCUT2D eigenvalue weighted by Crippen LogP contribution is -2.02. The zero-order valence-electron chi connectivity index (χ0n) is 10.1. The van der Waals surface area contributed by atoms with Crippen LogP contribution in [0.1, 0.15) is 17.4 Å². The fourth-order valence-corrected chi connectivity index (χ4v) is 2.33. The third-order valence-electron chi connectivity index (χ3n) is 3.06. The third kappa shape index (κ3) is 2.55. The molecule has 1 N–H and O–H groups in total. The quantitative estimate of drug-likeness (QED) is 0.797. The van der Waals surface area contributed by atoms with Crippen molar-refractivity contribution in [3.05, 3.63) is 64.6 Å². The van der Waals surface area contributed by atoms with Gasteiger partial charge in [-0.25, -0.2) is 0 Å². The molecule has 19 heavy (non-hydrogen) atoms. The summed E-state index contributed by atoms with van der Waals surface area (Å²) in [7, 11) is 0. The van der Waals surface area contributed by atoms with Crippen molar-refractivity contribution in [2.45, 2.75) is 12.5 Å². The topological polar surface area (TPSA) is 46.3 Å². The molecule has 0 fully saturated rings. The first-order chi connectivity index (χ1) is 9.24. The van der Waals surface area contributed by atoms with E-state index in [9.17, 15) is 5.11 Å². The SMILES string of the molecule is OC(Cc1ccc(Br)cn1)c1coc2ccccc12. The van der Waals surface area contributed by atoms with Gasteiger partial charge < -0.3 is 9.52 Å². The first kappa shape index (κ1) is 12.4. The van der Waals surface area contributed by atoms with Crippen LogP contribution >= 0.6 is 15.9 Å². The lowest BCUT2D eigenvalue weighted by atomic mass is 10.0. The molecule has 0 aliphatic carbocycles. The second kappa shape index (κ2) is 5.15. The number of hydrogen-bond donors (Lipinski definition) is 1. The molecule has 2 heterocycles. The van der Waals surface area contributed by atoms with E-state index in [1.165, 1.54) is 0 Å². The number of benzene rings is 1. The fraction of sp³-hybridized carbons (Fsp3) is 0.133. The molecule has 3 nitrogen and oxygen atoms in total. The summed E-state index contributed by atoms with van der Waals surface area (Å²) in [6.45, 7) is 0. The molecule has 0 aliphatic rings. The van der Waals surface area contributed by atoms with Crippen LogP contribution in [0.4, 0.5) is 0 Å². The van der Waals surface area contributed by atoms with Crippen molar-refractivity contribution >= 4 is 26.9 Å². The van der Waals surface area contributed by atoms with E-state index in [-0.39, 0.29) is 0 Å². The Balaban J connectivity index is 1.87. The molecule has 3 rings (SSSR count). The number of furan rings is 1. The molecular formula is C15H12BrNO2. The molecule has 0 radical (unpaired) electrons. The Morgan fingerprint density at radius 1 is 1.21 bits per heavy atom. The van der Waals surface area contributed by atoms with E-state index in [1.54, 1.807) is 12.5 Å². The van der Waals surface area contributed by atoms with Crippen molar-refractivity contribution in [2.24, 2.45) is 0 Å². The maximum Gasteiger partial charge on any atom is 0.134 e. The van der Waals surface area contributed by atoms with Crippen molar-refractivity contribution in [1.29, 1.82) is 0 Å². The van der Waals surface area contributed by atoms with Crippen LogP contribution in [0.2, 0.25) is 0 Å². The third-order valence-corrected chi connectivity index (χ3v) is 3.53. The second-order valence-electron chi connectivity index (χ2n) is 4.37. The molecule has 0 amide bonds. The maximum atomic E-state index is 10.3. The highest BCUT2D eigenvalue weighted by Gasteiger charge is 2.15. The van der Waals surface area contributed by atoms with Gasteiger partial charge in [0.1, 0.15) is 5.58 Å². The van der Waals surface area contributed by atoms with Crippen molar-refractivity contribution in [1.82, 2.24) is 4.98 Å². The smallest absolute Gasteiger partial charge is 0.134 e. The zero-order valence-corrected chi connectivity index (χ0v) is 11.7. The van der Waals surface area contributed by atoms with Gasteiger partial charge in [0.15, 0.2) is 0 Å². The maximum absolute atomic E-state index is 10.3. The summed E-state index contributed by atoms with van der Waals surface area (Å²) in [5, 5.41) is 11.3. The van der Waals surface area contributed by atoms with Gasteiger partial charge in [0.25, 0.3) is 0 Å². The van der Waals surface area contributed by atoms with E-state index >= 15 is 0 Å². The molecular weight excluding hydrogens is 306 g/mol. The van der Waals surface area contributed by atoms with Gasteiger partial charge in [-0.05, 0) is 34.1 Å². The summed E-state index contributed by atoms with van der Waals surface area (Å²) in [4.78, 5) is 4.27. The van der Waals surface area contributed by atoms with E-state index in [2.05, 4.69) is 20.9 Å². The predicted molar refractivity (Wildman–Crippen MR) is 76.8 cm³/mol. The van der Waals surface area contributed by atoms with Gasteiger partial charge in [0, 0.05) is 33.7 Å². The van der Waals surface area contributed by atoms with Crippen molar-refractivity contribution in [2.75, 3.05) is 0 Å². The molecule has 0 spiro atoms. The number of para-hydroxylation sites is 1. The molecule has 96 valence electrons. The minimum atomic E-state index is -0.614. The summed E-state index contributed by atoms with van der Waals surface area (Å²) < 4.78 is 6.37. The minimum Gasteiger partial charge on any atom is -0.464 e. The van der Waals surface area contributed by atoms with Gasteiger partial charge in [-0.15, -0.1) is 0 Å². The number of aromatic nitrogens is 1.